The van der Waals surface area contributed by atoms with Crippen molar-refractivity contribution in [2.24, 2.45) is 18.4 Å². The van der Waals surface area contributed by atoms with Crippen LogP contribution < -0.4 is 5.32 Å². The molecule has 1 aromatic carbocycles. The van der Waals surface area contributed by atoms with Crippen LogP contribution in [0, 0.1) is 11.3 Å². The zero-order chi connectivity index (χ0) is 32.2. The van der Waals surface area contributed by atoms with Gasteiger partial charge in [0, 0.05) is 62.1 Å². The number of nitrogens with zero attached hydrogens (tertiary/aromatic N) is 5. The molecule has 6 rings (SSSR count). The van der Waals surface area contributed by atoms with Crippen molar-refractivity contribution < 1.29 is 23.9 Å². The summed E-state index contributed by atoms with van der Waals surface area (Å²) in [6, 6.07) is 7.53. The van der Waals surface area contributed by atoms with E-state index in [0.29, 0.717) is 11.3 Å². The number of imide groups is 1. The Bertz CT molecular complexity index is 1630. The number of fused-ring (bicyclic) bond motifs is 2. The van der Waals surface area contributed by atoms with Crippen LogP contribution in [-0.2, 0) is 32.7 Å². The van der Waals surface area contributed by atoms with E-state index in [9.17, 15) is 14.4 Å². The number of methoxy groups -OCH3 is 1. The Balaban J connectivity index is 0.000000309. The maximum absolute atomic E-state index is 12.8. The molecule has 0 aliphatic carbocycles. The summed E-state index contributed by atoms with van der Waals surface area (Å²) in [4.78, 5) is 42.9. The molecule has 2 saturated heterocycles. The number of hydrogen-bond donors (Lipinski definition) is 1. The summed E-state index contributed by atoms with van der Waals surface area (Å²) in [5, 5.41) is 8.42. The summed E-state index contributed by atoms with van der Waals surface area (Å²) in [5.74, 6) is -0.689. The number of carbonyl (C=O) groups excluding carboxylic acids is 3. The molecule has 236 valence electrons. The molecule has 5 heterocycles. The van der Waals surface area contributed by atoms with Crippen LogP contribution in [0.1, 0.15) is 57.5 Å². The fourth-order valence-electron chi connectivity index (χ4n) is 5.02. The van der Waals surface area contributed by atoms with Gasteiger partial charge in [0.05, 0.1) is 47.5 Å². The molecule has 0 radical (unpaired) electrons. The van der Waals surface area contributed by atoms with Crippen molar-refractivity contribution in [2.45, 2.75) is 53.7 Å². The predicted octanol–water partition coefficient (Wildman–Crippen LogP) is 4.27. The van der Waals surface area contributed by atoms with Crippen molar-refractivity contribution in [3.05, 3.63) is 54.1 Å². The molecule has 2 aliphatic rings. The van der Waals surface area contributed by atoms with Gasteiger partial charge in [-0.05, 0) is 50.6 Å². The molecule has 2 fully saturated rings. The van der Waals surface area contributed by atoms with E-state index >= 15 is 0 Å². The van der Waals surface area contributed by atoms with Gasteiger partial charge in [-0.25, -0.2) is 9.50 Å². The highest BCUT2D eigenvalue weighted by molar-refractivity contribution is 6.07. The second-order valence-electron chi connectivity index (χ2n) is 12.7. The first-order valence-corrected chi connectivity index (χ1v) is 14.8. The number of hydrogen-bond acceptors (Lipinski definition) is 8. The average molecular weight is 605 g/mol. The molecule has 3 aromatic heterocycles. The monoisotopic (exact) mass is 604 g/mol. The fourth-order valence-corrected chi connectivity index (χ4v) is 5.02. The molecule has 1 unspecified atom stereocenters. The molecule has 44 heavy (non-hydrogen) atoms. The van der Waals surface area contributed by atoms with Crippen molar-refractivity contribution in [1.29, 1.82) is 0 Å². The van der Waals surface area contributed by atoms with E-state index in [1.165, 1.54) is 11.2 Å². The zero-order valence-corrected chi connectivity index (χ0v) is 27.0. The third kappa shape index (κ3) is 7.06. The highest BCUT2D eigenvalue weighted by Gasteiger charge is 2.50. The normalized spacial score (nSPS) is 18.2. The Morgan fingerprint density at radius 3 is 2.36 bits per heavy atom. The fraction of sp³-hybridized carbons (Fsp3) is 0.485. The smallest absolute Gasteiger partial charge is 0.235 e. The standard InChI is InChI=1S/C24H23N5O3.C5H12O.C4H9NO/c1-14-22(31)28(23(32)24(14,2)3)10-16-9-19-20(25-13-26-29(19)11-16)18-8-15(12-30)7-17-5-6-27(4)21(17)18;1-5(2,3)6-4;1-3-6-4-2-5-1/h5-9,11-14H,10H2,1-4H3;1-4H3;5H,1-4H2. The maximum Gasteiger partial charge on any atom is 0.235 e. The van der Waals surface area contributed by atoms with E-state index in [2.05, 4.69) is 15.4 Å². The number of benzene rings is 1. The number of nitrogens with one attached hydrogen (secondary N) is 1. The van der Waals surface area contributed by atoms with Gasteiger partial charge in [-0.2, -0.15) is 5.10 Å². The summed E-state index contributed by atoms with van der Waals surface area (Å²) >= 11 is 0. The zero-order valence-electron chi connectivity index (χ0n) is 27.0. The van der Waals surface area contributed by atoms with E-state index in [1.54, 1.807) is 18.5 Å². The predicted molar refractivity (Wildman–Crippen MR) is 169 cm³/mol. The Morgan fingerprint density at radius 2 is 1.84 bits per heavy atom. The highest BCUT2D eigenvalue weighted by atomic mass is 16.5. The van der Waals surface area contributed by atoms with Crippen LogP contribution in [0.2, 0.25) is 0 Å². The maximum atomic E-state index is 12.8. The summed E-state index contributed by atoms with van der Waals surface area (Å²) < 4.78 is 13.6. The average Bonchev–Trinajstić information content (AvgIpc) is 3.65. The highest BCUT2D eigenvalue weighted by Crippen LogP contribution is 2.38. The van der Waals surface area contributed by atoms with Crippen LogP contribution in [0.4, 0.5) is 0 Å². The molecule has 11 nitrogen and oxygen atoms in total. The van der Waals surface area contributed by atoms with E-state index in [4.69, 9.17) is 9.47 Å². The molecule has 11 heteroatoms. The van der Waals surface area contributed by atoms with Crippen LogP contribution in [0.15, 0.2) is 43.0 Å². The van der Waals surface area contributed by atoms with Crippen LogP contribution in [0.25, 0.3) is 27.7 Å². The molecule has 1 atom stereocenters. The van der Waals surface area contributed by atoms with Crippen molar-refractivity contribution in [1.82, 2.24) is 29.4 Å². The van der Waals surface area contributed by atoms with E-state index in [-0.39, 0.29) is 29.9 Å². The molecular weight excluding hydrogens is 560 g/mol. The second-order valence-corrected chi connectivity index (χ2v) is 12.7. The molecule has 1 N–H and O–H groups in total. The number of likely N-dealkylation sites (tertiary alicyclic amines) is 1. The lowest BCUT2D eigenvalue weighted by molar-refractivity contribution is -0.141. The second kappa shape index (κ2) is 13.4. The van der Waals surface area contributed by atoms with Crippen LogP contribution >= 0.6 is 0 Å². The van der Waals surface area contributed by atoms with Crippen molar-refractivity contribution >= 4 is 34.5 Å². The number of amides is 2. The van der Waals surface area contributed by atoms with Gasteiger partial charge in [-0.1, -0.05) is 20.8 Å². The molecule has 2 amide bonds. The summed E-state index contributed by atoms with van der Waals surface area (Å²) in [7, 11) is 3.65. The largest absolute Gasteiger partial charge is 0.379 e. The Morgan fingerprint density at radius 1 is 1.16 bits per heavy atom. The van der Waals surface area contributed by atoms with Crippen molar-refractivity contribution in [3.63, 3.8) is 0 Å². The molecule has 4 aromatic rings. The van der Waals surface area contributed by atoms with Gasteiger partial charge in [0.2, 0.25) is 11.8 Å². The quantitative estimate of drug-likeness (QED) is 0.271. The number of aldehydes is 1. The minimum Gasteiger partial charge on any atom is -0.379 e. The minimum absolute atomic E-state index is 0.0417. The number of ether oxygens (including phenoxy) is 2. The number of morpholine rings is 1. The minimum atomic E-state index is -0.714. The third-order valence-electron chi connectivity index (χ3n) is 8.16. The Kier molecular flexibility index (Phi) is 10.0. The van der Waals surface area contributed by atoms with Crippen LogP contribution in [0.5, 0.6) is 0 Å². The number of aryl methyl sites for hydroxylation is 1. The van der Waals surface area contributed by atoms with Crippen LogP contribution in [-0.4, -0.2) is 81.2 Å². The number of rotatable bonds is 4. The van der Waals surface area contributed by atoms with Gasteiger partial charge >= 0.3 is 0 Å². The van der Waals surface area contributed by atoms with Gasteiger partial charge in [0.1, 0.15) is 12.6 Å². The lowest BCUT2D eigenvalue weighted by Crippen LogP contribution is -2.32. The molecular formula is C33H44N6O5. The first-order valence-electron chi connectivity index (χ1n) is 14.8. The van der Waals surface area contributed by atoms with Gasteiger partial charge in [0.25, 0.3) is 0 Å². The summed E-state index contributed by atoms with van der Waals surface area (Å²) in [6.45, 7) is 15.5. The molecule has 0 spiro atoms. The summed E-state index contributed by atoms with van der Waals surface area (Å²) in [6.07, 6.45) is 6.04. The lowest BCUT2D eigenvalue weighted by Gasteiger charge is -2.18. The van der Waals surface area contributed by atoms with Crippen molar-refractivity contribution in [2.75, 3.05) is 33.4 Å². The van der Waals surface area contributed by atoms with E-state index in [1.807, 2.05) is 82.9 Å². The first-order chi connectivity index (χ1) is 20.8. The molecule has 2 aliphatic heterocycles. The molecule has 0 bridgehead atoms. The number of aromatic nitrogens is 4. The van der Waals surface area contributed by atoms with Gasteiger partial charge in [-0.15, -0.1) is 0 Å². The van der Waals surface area contributed by atoms with Crippen LogP contribution in [0.3, 0.4) is 0 Å². The summed E-state index contributed by atoms with van der Waals surface area (Å²) in [5.41, 5.74) is 3.86. The van der Waals surface area contributed by atoms with Gasteiger partial charge < -0.3 is 19.4 Å². The first kappa shape index (κ1) is 33.0. The SMILES string of the molecule is C1COCCN1.CC1C(=O)N(Cc2cc3c(-c4cc(C=O)cc5ccn(C)c45)ncnn3c2)C(=O)C1(C)C.COC(C)(C)C. The van der Waals surface area contributed by atoms with Crippen molar-refractivity contribution in [3.8, 4) is 11.3 Å². The third-order valence-corrected chi connectivity index (χ3v) is 8.16. The van der Waals surface area contributed by atoms with Gasteiger partial charge in [0.15, 0.2) is 0 Å². The Hall–Kier alpha value is -3.93. The molecule has 0 saturated carbocycles. The van der Waals surface area contributed by atoms with E-state index in [0.717, 1.165) is 60.1 Å². The number of carbonyl (C=O) groups is 3. The van der Waals surface area contributed by atoms with E-state index < -0.39 is 5.41 Å². The Labute approximate surface area is 258 Å². The topological polar surface area (TPSA) is 120 Å². The lowest BCUT2D eigenvalue weighted by atomic mass is 9.82. The van der Waals surface area contributed by atoms with Gasteiger partial charge in [-0.3, -0.25) is 19.3 Å².